The predicted molar refractivity (Wildman–Crippen MR) is 151 cm³/mol. The van der Waals surface area contributed by atoms with Gasteiger partial charge in [0.05, 0.1) is 23.6 Å². The first kappa shape index (κ1) is 29.5. The normalized spacial score (nSPS) is 14.6. The number of methoxy groups -OCH3 is 1. The largest absolute Gasteiger partial charge is 0.497 e. The average Bonchev–Trinajstić information content (AvgIpc) is 2.97. The number of nitrogens with zero attached hydrogens (tertiary/aromatic N) is 1. The van der Waals surface area contributed by atoms with E-state index in [1.807, 2.05) is 4.90 Å². The van der Waals surface area contributed by atoms with Crippen molar-refractivity contribution < 1.29 is 36.6 Å². The number of likely N-dealkylation sites (tertiary alicyclic amines) is 1. The monoisotopic (exact) mass is 601 g/mol. The van der Waals surface area contributed by atoms with Crippen molar-refractivity contribution in [3.05, 3.63) is 92.8 Å². The summed E-state index contributed by atoms with van der Waals surface area (Å²) in [6.45, 7) is 3.59. The van der Waals surface area contributed by atoms with Crippen molar-refractivity contribution in [2.75, 3.05) is 20.2 Å². The van der Waals surface area contributed by atoms with Gasteiger partial charge in [-0.2, -0.15) is 13.2 Å². The topological polar surface area (TPSA) is 78.2 Å². The smallest absolute Gasteiger partial charge is 0.453 e. The van der Waals surface area contributed by atoms with Gasteiger partial charge in [-0.15, -0.1) is 0 Å². The molecule has 1 aromatic heterocycles. The minimum Gasteiger partial charge on any atom is -0.497 e. The second-order valence-electron chi connectivity index (χ2n) is 10.1. The maximum atomic E-state index is 14.3. The lowest BCUT2D eigenvalue weighted by atomic mass is 9.98. The van der Waals surface area contributed by atoms with Gasteiger partial charge in [-0.05, 0) is 92.5 Å². The summed E-state index contributed by atoms with van der Waals surface area (Å²) in [5, 5.41) is 0.203. The van der Waals surface area contributed by atoms with Gasteiger partial charge >= 0.3 is 12.1 Å². The standard InChI is InChI=1S/C31H27ClF3NO6/c1-18-13-15-36(16-14-18)17-24-25(41-30(38)19-3-7-21(39-2)8-4-19)12-11-23-26(37)28(29(31(33,34)35)42-27(23)24)40-22-9-5-20(32)6-10-22/h3-12,18H,13-17H2,1-2H3. The molecule has 0 saturated carbocycles. The Balaban J connectivity index is 1.63. The Morgan fingerprint density at radius 2 is 1.64 bits per heavy atom. The number of carbonyl (C=O) groups is 1. The third-order valence-electron chi connectivity index (χ3n) is 7.16. The van der Waals surface area contributed by atoms with Crippen LogP contribution in [0, 0.1) is 5.92 Å². The summed E-state index contributed by atoms with van der Waals surface area (Å²) in [5.74, 6) is -2.32. The van der Waals surface area contributed by atoms with E-state index in [9.17, 15) is 22.8 Å². The van der Waals surface area contributed by atoms with Crippen molar-refractivity contribution in [2.24, 2.45) is 5.92 Å². The number of alkyl halides is 3. The quantitative estimate of drug-likeness (QED) is 0.158. The summed E-state index contributed by atoms with van der Waals surface area (Å²) < 4.78 is 64.6. The van der Waals surface area contributed by atoms with Gasteiger partial charge in [-0.3, -0.25) is 9.69 Å². The zero-order valence-electron chi connectivity index (χ0n) is 22.8. The van der Waals surface area contributed by atoms with E-state index in [4.69, 9.17) is 30.2 Å². The Morgan fingerprint density at radius 1 is 1.00 bits per heavy atom. The summed E-state index contributed by atoms with van der Waals surface area (Å²) in [6, 6.07) is 14.4. The molecular weight excluding hydrogens is 575 g/mol. The number of esters is 1. The van der Waals surface area contributed by atoms with E-state index < -0.39 is 29.1 Å². The first-order valence-electron chi connectivity index (χ1n) is 13.3. The van der Waals surface area contributed by atoms with Crippen molar-refractivity contribution in [3.8, 4) is 23.0 Å². The fourth-order valence-corrected chi connectivity index (χ4v) is 4.88. The molecule has 11 heteroatoms. The lowest BCUT2D eigenvalue weighted by Gasteiger charge is -2.30. The molecule has 1 aliphatic heterocycles. The van der Waals surface area contributed by atoms with Crippen LogP contribution in [0.4, 0.5) is 13.2 Å². The van der Waals surface area contributed by atoms with Gasteiger partial charge in [0, 0.05) is 11.6 Å². The molecule has 4 aromatic rings. The molecule has 0 bridgehead atoms. The molecule has 0 amide bonds. The lowest BCUT2D eigenvalue weighted by Crippen LogP contribution is -2.32. The predicted octanol–water partition coefficient (Wildman–Crippen LogP) is 7.72. The number of ether oxygens (including phenoxy) is 3. The van der Waals surface area contributed by atoms with Gasteiger partial charge in [0.15, 0.2) is 0 Å². The van der Waals surface area contributed by atoms with Crippen molar-refractivity contribution in [3.63, 3.8) is 0 Å². The summed E-state index contributed by atoms with van der Waals surface area (Å²) in [5.41, 5.74) is -0.975. The number of hydrogen-bond acceptors (Lipinski definition) is 7. The molecule has 3 aromatic carbocycles. The van der Waals surface area contributed by atoms with Crippen LogP contribution in [-0.4, -0.2) is 31.1 Å². The Labute approximate surface area is 244 Å². The molecule has 42 heavy (non-hydrogen) atoms. The maximum Gasteiger partial charge on any atom is 0.453 e. The molecule has 0 N–H and O–H groups in total. The molecule has 1 fully saturated rings. The Morgan fingerprint density at radius 3 is 2.26 bits per heavy atom. The SMILES string of the molecule is COc1ccc(C(=O)Oc2ccc3c(=O)c(Oc4ccc(Cl)cc4)c(C(F)(F)F)oc3c2CN2CCC(C)CC2)cc1. The van der Waals surface area contributed by atoms with E-state index >= 15 is 0 Å². The second kappa shape index (κ2) is 12.1. The lowest BCUT2D eigenvalue weighted by molar-refractivity contribution is -0.154. The summed E-state index contributed by atoms with van der Waals surface area (Å²) in [7, 11) is 1.49. The number of carbonyl (C=O) groups excluding carboxylic acids is 1. The van der Waals surface area contributed by atoms with Crippen LogP contribution in [0.1, 0.15) is 41.4 Å². The van der Waals surface area contributed by atoms with Crippen LogP contribution < -0.4 is 19.6 Å². The molecule has 1 aliphatic rings. The molecule has 0 aliphatic carbocycles. The molecule has 220 valence electrons. The third-order valence-corrected chi connectivity index (χ3v) is 7.41. The maximum absolute atomic E-state index is 14.3. The van der Waals surface area contributed by atoms with Crippen molar-refractivity contribution in [1.82, 2.24) is 4.90 Å². The number of hydrogen-bond donors (Lipinski definition) is 0. The van der Waals surface area contributed by atoms with Crippen LogP contribution in [-0.2, 0) is 12.7 Å². The Bertz CT molecular complexity index is 1640. The van der Waals surface area contributed by atoms with Crippen molar-refractivity contribution in [2.45, 2.75) is 32.5 Å². The fourth-order valence-electron chi connectivity index (χ4n) is 4.75. The fraction of sp³-hybridized carbons (Fsp3) is 0.290. The molecule has 7 nitrogen and oxygen atoms in total. The van der Waals surface area contributed by atoms with Gasteiger partial charge in [0.25, 0.3) is 5.76 Å². The molecule has 1 saturated heterocycles. The molecule has 0 radical (unpaired) electrons. The van der Waals surface area contributed by atoms with Crippen molar-refractivity contribution >= 4 is 28.5 Å². The summed E-state index contributed by atoms with van der Waals surface area (Å²) in [6.07, 6.45) is -3.28. The first-order valence-corrected chi connectivity index (χ1v) is 13.6. The number of halogens is 4. The van der Waals surface area contributed by atoms with E-state index in [-0.39, 0.29) is 40.1 Å². The van der Waals surface area contributed by atoms with E-state index in [1.165, 1.54) is 55.6 Å². The molecule has 2 heterocycles. The minimum absolute atomic E-state index is 0.00964. The highest BCUT2D eigenvalue weighted by Gasteiger charge is 2.41. The highest BCUT2D eigenvalue weighted by molar-refractivity contribution is 6.30. The van der Waals surface area contributed by atoms with Crippen LogP contribution in [0.15, 0.2) is 69.9 Å². The van der Waals surface area contributed by atoms with Crippen LogP contribution in [0.25, 0.3) is 11.0 Å². The summed E-state index contributed by atoms with van der Waals surface area (Å²) in [4.78, 5) is 28.6. The highest BCUT2D eigenvalue weighted by atomic mass is 35.5. The van der Waals surface area contributed by atoms with Crippen LogP contribution in [0.5, 0.6) is 23.0 Å². The van der Waals surface area contributed by atoms with E-state index in [2.05, 4.69) is 6.92 Å². The van der Waals surface area contributed by atoms with Crippen LogP contribution >= 0.6 is 11.6 Å². The van der Waals surface area contributed by atoms with E-state index in [0.29, 0.717) is 29.8 Å². The number of rotatable bonds is 7. The zero-order chi connectivity index (χ0) is 30.0. The Kier molecular flexibility index (Phi) is 8.47. The van der Waals surface area contributed by atoms with Gasteiger partial charge < -0.3 is 18.6 Å². The van der Waals surface area contributed by atoms with E-state index in [0.717, 1.165) is 12.8 Å². The van der Waals surface area contributed by atoms with Gasteiger partial charge in [-0.1, -0.05) is 18.5 Å². The average molecular weight is 602 g/mol. The first-order chi connectivity index (χ1) is 20.0. The minimum atomic E-state index is -5.07. The molecule has 0 spiro atoms. The molecule has 0 atom stereocenters. The Hall–Kier alpha value is -4.02. The highest BCUT2D eigenvalue weighted by Crippen LogP contribution is 2.40. The molecule has 0 unspecified atom stereocenters. The summed E-state index contributed by atoms with van der Waals surface area (Å²) >= 11 is 5.88. The van der Waals surface area contributed by atoms with Gasteiger partial charge in [-0.25, -0.2) is 4.79 Å². The number of piperidine rings is 1. The van der Waals surface area contributed by atoms with Crippen LogP contribution in [0.2, 0.25) is 5.02 Å². The van der Waals surface area contributed by atoms with Gasteiger partial charge in [0.1, 0.15) is 22.8 Å². The molecular formula is C31H27ClF3NO6. The molecule has 5 rings (SSSR count). The second-order valence-corrected chi connectivity index (χ2v) is 10.6. The number of benzene rings is 3. The third kappa shape index (κ3) is 6.39. The number of fused-ring (bicyclic) bond motifs is 1. The van der Waals surface area contributed by atoms with E-state index in [1.54, 1.807) is 12.1 Å². The zero-order valence-corrected chi connectivity index (χ0v) is 23.6. The van der Waals surface area contributed by atoms with Crippen LogP contribution in [0.3, 0.4) is 0 Å². The van der Waals surface area contributed by atoms with Crippen molar-refractivity contribution in [1.29, 1.82) is 0 Å². The van der Waals surface area contributed by atoms with Gasteiger partial charge in [0.2, 0.25) is 11.2 Å².